The molecule has 2 heterocycles. The lowest BCUT2D eigenvalue weighted by Crippen LogP contribution is -2.30. The minimum Gasteiger partial charge on any atom is -0.469 e. The molecule has 0 aromatic rings. The Hall–Kier alpha value is -1.97. The minimum absolute atomic E-state index is 0.0615. The van der Waals surface area contributed by atoms with Crippen molar-refractivity contribution < 1.29 is 14.3 Å². The average Bonchev–Trinajstić information content (AvgIpc) is 2.71. The van der Waals surface area contributed by atoms with Gasteiger partial charge < -0.3 is 4.74 Å². The molecule has 0 bridgehead atoms. The van der Waals surface area contributed by atoms with Gasteiger partial charge in [0.1, 0.15) is 5.57 Å². The summed E-state index contributed by atoms with van der Waals surface area (Å²) in [6.45, 7) is 1.97. The first-order valence-electron chi connectivity index (χ1n) is 5.62. The van der Waals surface area contributed by atoms with E-state index in [0.717, 1.165) is 12.0 Å². The topological polar surface area (TPSA) is 55.7 Å². The van der Waals surface area contributed by atoms with Crippen molar-refractivity contribution in [1.82, 2.24) is 0 Å². The Morgan fingerprint density at radius 2 is 2.24 bits per heavy atom. The lowest BCUT2D eigenvalue weighted by atomic mass is 9.84. The lowest BCUT2D eigenvalue weighted by Gasteiger charge is -2.20. The van der Waals surface area contributed by atoms with Crippen molar-refractivity contribution in [1.29, 1.82) is 0 Å². The van der Waals surface area contributed by atoms with Gasteiger partial charge in [-0.3, -0.25) is 9.59 Å². The Morgan fingerprint density at radius 1 is 1.41 bits per heavy atom. The largest absolute Gasteiger partial charge is 0.469 e. The van der Waals surface area contributed by atoms with Crippen LogP contribution in [0.2, 0.25) is 0 Å². The lowest BCUT2D eigenvalue weighted by molar-refractivity contribution is -0.121. The molecule has 4 heteroatoms. The molecule has 0 radical (unpaired) electrons. The zero-order chi connectivity index (χ0) is 12.0. The summed E-state index contributed by atoms with van der Waals surface area (Å²) in [5.41, 5.74) is 1.90. The van der Waals surface area contributed by atoms with Crippen molar-refractivity contribution in [2.75, 3.05) is 6.61 Å². The SMILES string of the molecule is CCC1=CC2C(=O)C3=C(N=C2C=C1)OCC3=O. The zero-order valence-electron chi connectivity index (χ0n) is 9.40. The van der Waals surface area contributed by atoms with Crippen LogP contribution in [0.25, 0.3) is 0 Å². The van der Waals surface area contributed by atoms with E-state index < -0.39 is 5.92 Å². The van der Waals surface area contributed by atoms with Gasteiger partial charge in [0.05, 0.1) is 11.6 Å². The summed E-state index contributed by atoms with van der Waals surface area (Å²) in [6.07, 6.45) is 6.53. The molecule has 3 rings (SSSR count). The van der Waals surface area contributed by atoms with E-state index in [2.05, 4.69) is 4.99 Å². The highest BCUT2D eigenvalue weighted by molar-refractivity contribution is 6.31. The summed E-state index contributed by atoms with van der Waals surface area (Å²) in [5, 5.41) is 0. The Labute approximate surface area is 98.4 Å². The monoisotopic (exact) mass is 229 g/mol. The predicted molar refractivity (Wildman–Crippen MR) is 61.4 cm³/mol. The summed E-state index contributed by atoms with van der Waals surface area (Å²) in [5.74, 6) is -0.639. The fourth-order valence-electron chi connectivity index (χ4n) is 2.20. The number of carbonyl (C=O) groups excluding carboxylic acids is 2. The smallest absolute Gasteiger partial charge is 0.228 e. The second-order valence-corrected chi connectivity index (χ2v) is 4.20. The number of fused-ring (bicyclic) bond motifs is 1. The molecule has 0 saturated heterocycles. The first kappa shape index (κ1) is 10.2. The van der Waals surface area contributed by atoms with Crippen molar-refractivity contribution in [3.8, 4) is 0 Å². The van der Waals surface area contributed by atoms with Gasteiger partial charge in [0.25, 0.3) is 0 Å². The number of Topliss-reactive ketones (excluding diaryl/α,β-unsaturated/α-hetero) is 2. The van der Waals surface area contributed by atoms with Crippen LogP contribution in [0.5, 0.6) is 0 Å². The molecule has 0 fully saturated rings. The molecule has 0 amide bonds. The van der Waals surface area contributed by atoms with Gasteiger partial charge in [-0.15, -0.1) is 0 Å². The number of hydrogen-bond donors (Lipinski definition) is 0. The van der Waals surface area contributed by atoms with E-state index in [4.69, 9.17) is 4.74 Å². The third-order valence-corrected chi connectivity index (χ3v) is 3.17. The number of rotatable bonds is 1. The van der Waals surface area contributed by atoms with Crippen molar-refractivity contribution in [3.05, 3.63) is 35.3 Å². The first-order valence-corrected chi connectivity index (χ1v) is 5.62. The number of ketones is 2. The van der Waals surface area contributed by atoms with E-state index >= 15 is 0 Å². The van der Waals surface area contributed by atoms with Gasteiger partial charge in [-0.05, 0) is 12.5 Å². The van der Waals surface area contributed by atoms with Crippen LogP contribution >= 0.6 is 0 Å². The molecule has 2 aliphatic heterocycles. The maximum absolute atomic E-state index is 12.2. The summed E-state index contributed by atoms with van der Waals surface area (Å²) >= 11 is 0. The molecule has 0 saturated carbocycles. The standard InChI is InChI=1S/C13H11NO3/c1-2-7-3-4-9-8(5-7)12(16)11-10(15)6-17-13(11)14-9/h3-5,8H,2,6H2,1H3. The minimum atomic E-state index is -0.403. The summed E-state index contributed by atoms with van der Waals surface area (Å²) < 4.78 is 5.11. The maximum Gasteiger partial charge on any atom is 0.228 e. The normalized spacial score (nSPS) is 26.3. The van der Waals surface area contributed by atoms with E-state index in [-0.39, 0.29) is 29.6 Å². The van der Waals surface area contributed by atoms with Gasteiger partial charge in [-0.2, -0.15) is 0 Å². The van der Waals surface area contributed by atoms with E-state index in [1.54, 1.807) is 0 Å². The fourth-order valence-corrected chi connectivity index (χ4v) is 2.20. The molecule has 1 atom stereocenters. The van der Waals surface area contributed by atoms with Crippen LogP contribution in [-0.4, -0.2) is 23.9 Å². The molecule has 1 aliphatic carbocycles. The highest BCUT2D eigenvalue weighted by Gasteiger charge is 2.40. The van der Waals surface area contributed by atoms with E-state index in [0.29, 0.717) is 5.71 Å². The molecular formula is C13H11NO3. The first-order chi connectivity index (χ1) is 8.20. The van der Waals surface area contributed by atoms with Gasteiger partial charge in [0, 0.05) is 0 Å². The number of nitrogens with zero attached hydrogens (tertiary/aromatic N) is 1. The van der Waals surface area contributed by atoms with Gasteiger partial charge >= 0.3 is 0 Å². The molecular weight excluding hydrogens is 218 g/mol. The molecule has 86 valence electrons. The van der Waals surface area contributed by atoms with Gasteiger partial charge in [0.2, 0.25) is 11.7 Å². The molecule has 0 N–H and O–H groups in total. The van der Waals surface area contributed by atoms with Gasteiger partial charge in [-0.25, -0.2) is 4.99 Å². The van der Waals surface area contributed by atoms with Crippen molar-refractivity contribution in [3.63, 3.8) is 0 Å². The summed E-state index contributed by atoms with van der Waals surface area (Å²) in [7, 11) is 0. The maximum atomic E-state index is 12.2. The van der Waals surface area contributed by atoms with Gasteiger partial charge in [-0.1, -0.05) is 24.6 Å². The Bertz CT molecular complexity index is 549. The number of allylic oxidation sites excluding steroid dienone is 4. The molecule has 3 aliphatic rings. The second kappa shape index (κ2) is 3.52. The highest BCUT2D eigenvalue weighted by atomic mass is 16.5. The van der Waals surface area contributed by atoms with Crippen LogP contribution in [0.1, 0.15) is 13.3 Å². The number of hydrogen-bond acceptors (Lipinski definition) is 4. The molecule has 0 aromatic heterocycles. The van der Waals surface area contributed by atoms with E-state index in [1.165, 1.54) is 0 Å². The number of carbonyl (C=O) groups is 2. The van der Waals surface area contributed by atoms with Crippen LogP contribution in [0, 0.1) is 5.92 Å². The van der Waals surface area contributed by atoms with Crippen molar-refractivity contribution in [2.45, 2.75) is 13.3 Å². The average molecular weight is 229 g/mol. The Kier molecular flexibility index (Phi) is 2.11. The predicted octanol–water partition coefficient (Wildman–Crippen LogP) is 1.34. The third-order valence-electron chi connectivity index (χ3n) is 3.17. The zero-order valence-corrected chi connectivity index (χ0v) is 9.40. The number of aliphatic imine (C=N–C) groups is 1. The van der Waals surface area contributed by atoms with Crippen LogP contribution in [0.3, 0.4) is 0 Å². The molecule has 0 spiro atoms. The molecule has 1 unspecified atom stereocenters. The molecule has 17 heavy (non-hydrogen) atoms. The van der Waals surface area contributed by atoms with E-state index in [1.807, 2.05) is 25.2 Å². The van der Waals surface area contributed by atoms with Crippen LogP contribution in [0.15, 0.2) is 40.2 Å². The van der Waals surface area contributed by atoms with Gasteiger partial charge in [0.15, 0.2) is 12.4 Å². The highest BCUT2D eigenvalue weighted by Crippen LogP contribution is 2.31. The Morgan fingerprint density at radius 3 is 3.00 bits per heavy atom. The summed E-state index contributed by atoms with van der Waals surface area (Å²) in [6, 6.07) is 0. The van der Waals surface area contributed by atoms with Crippen molar-refractivity contribution >= 4 is 17.3 Å². The fraction of sp³-hybridized carbons (Fsp3) is 0.308. The second-order valence-electron chi connectivity index (χ2n) is 4.20. The van der Waals surface area contributed by atoms with Crippen molar-refractivity contribution in [2.24, 2.45) is 10.9 Å². The molecule has 0 aromatic carbocycles. The quantitative estimate of drug-likeness (QED) is 0.637. The number of ether oxygens (including phenoxy) is 1. The van der Waals surface area contributed by atoms with Crippen LogP contribution in [-0.2, 0) is 14.3 Å². The van der Waals surface area contributed by atoms with Crippen LogP contribution < -0.4 is 0 Å². The van der Waals surface area contributed by atoms with E-state index in [9.17, 15) is 9.59 Å². The Balaban J connectivity index is 2.08. The summed E-state index contributed by atoms with van der Waals surface area (Å²) in [4.78, 5) is 28.0. The van der Waals surface area contributed by atoms with Crippen LogP contribution in [0.4, 0.5) is 0 Å². The third kappa shape index (κ3) is 1.40. The molecule has 4 nitrogen and oxygen atoms in total.